The van der Waals surface area contributed by atoms with E-state index in [0.29, 0.717) is 12.6 Å². The van der Waals surface area contributed by atoms with Gasteiger partial charge in [0.15, 0.2) is 0 Å². The highest BCUT2D eigenvalue weighted by atomic mass is 15.3. The standard InChI is InChI=1S/C14H23N3/c1-12-10-17(8-7-16(12)2)11-14-6-4-3-5-13(14)9-15/h3-6,12H,7-11,15H2,1-2H3. The minimum absolute atomic E-state index is 0.638. The van der Waals surface area contributed by atoms with Crippen LogP contribution >= 0.6 is 0 Å². The van der Waals surface area contributed by atoms with Gasteiger partial charge in [-0.3, -0.25) is 4.90 Å². The molecule has 0 radical (unpaired) electrons. The molecule has 0 bridgehead atoms. The van der Waals surface area contributed by atoms with Crippen LogP contribution in [0.4, 0.5) is 0 Å². The zero-order valence-corrected chi connectivity index (χ0v) is 10.9. The summed E-state index contributed by atoms with van der Waals surface area (Å²) in [6, 6.07) is 9.15. The van der Waals surface area contributed by atoms with Crippen LogP contribution in [0.2, 0.25) is 0 Å². The van der Waals surface area contributed by atoms with E-state index >= 15 is 0 Å². The average molecular weight is 233 g/mol. The molecule has 0 aliphatic carbocycles. The number of likely N-dealkylation sites (N-methyl/N-ethyl adjacent to an activating group) is 1. The van der Waals surface area contributed by atoms with Crippen molar-refractivity contribution in [1.29, 1.82) is 0 Å². The predicted octanol–water partition coefficient (Wildman–Crippen LogP) is 1.28. The Labute approximate surface area is 104 Å². The zero-order valence-electron chi connectivity index (χ0n) is 10.9. The Hall–Kier alpha value is -0.900. The van der Waals surface area contributed by atoms with Crippen molar-refractivity contribution in [2.24, 2.45) is 5.73 Å². The van der Waals surface area contributed by atoms with Crippen molar-refractivity contribution in [2.45, 2.75) is 26.1 Å². The van der Waals surface area contributed by atoms with Crippen LogP contribution in [0, 0.1) is 0 Å². The third-order valence-corrected chi connectivity index (χ3v) is 3.78. The van der Waals surface area contributed by atoms with E-state index in [1.165, 1.54) is 11.1 Å². The molecule has 1 saturated heterocycles. The second kappa shape index (κ2) is 5.63. The van der Waals surface area contributed by atoms with Crippen molar-refractivity contribution in [3.63, 3.8) is 0 Å². The summed E-state index contributed by atoms with van der Waals surface area (Å²) in [5.74, 6) is 0. The molecule has 1 aliphatic heterocycles. The maximum Gasteiger partial charge on any atom is 0.0238 e. The first kappa shape index (κ1) is 12.6. The smallest absolute Gasteiger partial charge is 0.0238 e. The fraction of sp³-hybridized carbons (Fsp3) is 0.571. The quantitative estimate of drug-likeness (QED) is 0.853. The van der Waals surface area contributed by atoms with Crippen molar-refractivity contribution in [2.75, 3.05) is 26.7 Å². The molecule has 3 heteroatoms. The summed E-state index contributed by atoms with van der Waals surface area (Å²) in [6.45, 7) is 7.42. The summed E-state index contributed by atoms with van der Waals surface area (Å²) < 4.78 is 0. The highest BCUT2D eigenvalue weighted by Gasteiger charge is 2.20. The van der Waals surface area contributed by atoms with Gasteiger partial charge in [-0.25, -0.2) is 0 Å². The summed E-state index contributed by atoms with van der Waals surface area (Å²) in [5.41, 5.74) is 8.44. The van der Waals surface area contributed by atoms with Crippen LogP contribution in [-0.4, -0.2) is 42.5 Å². The van der Waals surface area contributed by atoms with Crippen LogP contribution in [-0.2, 0) is 13.1 Å². The topological polar surface area (TPSA) is 32.5 Å². The minimum Gasteiger partial charge on any atom is -0.326 e. The van der Waals surface area contributed by atoms with Crippen molar-refractivity contribution in [3.05, 3.63) is 35.4 Å². The summed E-state index contributed by atoms with van der Waals surface area (Å²) in [6.07, 6.45) is 0. The lowest BCUT2D eigenvalue weighted by Crippen LogP contribution is -2.49. The summed E-state index contributed by atoms with van der Waals surface area (Å²) >= 11 is 0. The number of nitrogens with two attached hydrogens (primary N) is 1. The molecule has 2 N–H and O–H groups in total. The normalized spacial score (nSPS) is 22.9. The van der Waals surface area contributed by atoms with Gasteiger partial charge in [-0.2, -0.15) is 0 Å². The van der Waals surface area contributed by atoms with Crippen molar-refractivity contribution >= 4 is 0 Å². The number of benzene rings is 1. The van der Waals surface area contributed by atoms with Gasteiger partial charge in [0.25, 0.3) is 0 Å². The maximum atomic E-state index is 5.78. The van der Waals surface area contributed by atoms with E-state index in [1.54, 1.807) is 0 Å². The van der Waals surface area contributed by atoms with Gasteiger partial charge in [-0.05, 0) is 25.1 Å². The minimum atomic E-state index is 0.638. The third-order valence-electron chi connectivity index (χ3n) is 3.78. The largest absolute Gasteiger partial charge is 0.326 e. The monoisotopic (exact) mass is 233 g/mol. The van der Waals surface area contributed by atoms with Crippen LogP contribution in [0.1, 0.15) is 18.1 Å². The molecule has 94 valence electrons. The first-order valence-electron chi connectivity index (χ1n) is 6.40. The van der Waals surface area contributed by atoms with Crippen LogP contribution in [0.5, 0.6) is 0 Å². The van der Waals surface area contributed by atoms with E-state index in [4.69, 9.17) is 5.73 Å². The number of rotatable bonds is 3. The molecule has 17 heavy (non-hydrogen) atoms. The number of piperazine rings is 1. The molecular formula is C14H23N3. The van der Waals surface area contributed by atoms with Crippen LogP contribution in [0.25, 0.3) is 0 Å². The van der Waals surface area contributed by atoms with E-state index in [0.717, 1.165) is 26.2 Å². The molecule has 1 atom stereocenters. The second-order valence-electron chi connectivity index (χ2n) is 5.04. The molecule has 1 aliphatic rings. The Bertz CT molecular complexity index is 364. The molecule has 1 aromatic rings. The molecule has 1 aromatic carbocycles. The van der Waals surface area contributed by atoms with Crippen LogP contribution in [0.3, 0.4) is 0 Å². The summed E-state index contributed by atoms with van der Waals surface area (Å²) in [5, 5.41) is 0. The highest BCUT2D eigenvalue weighted by Crippen LogP contribution is 2.14. The lowest BCUT2D eigenvalue weighted by atomic mass is 10.1. The molecule has 0 amide bonds. The molecule has 3 nitrogen and oxygen atoms in total. The fourth-order valence-corrected chi connectivity index (χ4v) is 2.42. The van der Waals surface area contributed by atoms with Crippen LogP contribution < -0.4 is 5.73 Å². The van der Waals surface area contributed by atoms with E-state index in [1.807, 2.05) is 0 Å². The highest BCUT2D eigenvalue weighted by molar-refractivity contribution is 5.26. The van der Waals surface area contributed by atoms with E-state index < -0.39 is 0 Å². The van der Waals surface area contributed by atoms with Crippen molar-refractivity contribution in [1.82, 2.24) is 9.80 Å². The Kier molecular flexibility index (Phi) is 4.15. The van der Waals surface area contributed by atoms with Crippen LogP contribution in [0.15, 0.2) is 24.3 Å². The Morgan fingerprint density at radius 2 is 1.94 bits per heavy atom. The molecular weight excluding hydrogens is 210 g/mol. The molecule has 0 aromatic heterocycles. The van der Waals surface area contributed by atoms with Gasteiger partial charge in [-0.1, -0.05) is 24.3 Å². The van der Waals surface area contributed by atoms with Crippen molar-refractivity contribution in [3.8, 4) is 0 Å². The Morgan fingerprint density at radius 3 is 2.59 bits per heavy atom. The Morgan fingerprint density at radius 1 is 1.24 bits per heavy atom. The molecule has 2 rings (SSSR count). The lowest BCUT2D eigenvalue weighted by Gasteiger charge is -2.37. The second-order valence-corrected chi connectivity index (χ2v) is 5.04. The van der Waals surface area contributed by atoms with Gasteiger partial charge in [0.2, 0.25) is 0 Å². The summed E-state index contributed by atoms with van der Waals surface area (Å²) in [4.78, 5) is 4.95. The lowest BCUT2D eigenvalue weighted by molar-refractivity contribution is 0.0998. The predicted molar refractivity (Wildman–Crippen MR) is 71.7 cm³/mol. The first-order valence-corrected chi connectivity index (χ1v) is 6.40. The third kappa shape index (κ3) is 3.06. The number of hydrogen-bond acceptors (Lipinski definition) is 3. The maximum absolute atomic E-state index is 5.78. The molecule has 0 saturated carbocycles. The van der Waals surface area contributed by atoms with E-state index in [9.17, 15) is 0 Å². The number of hydrogen-bond donors (Lipinski definition) is 1. The van der Waals surface area contributed by atoms with Gasteiger partial charge in [0.1, 0.15) is 0 Å². The van der Waals surface area contributed by atoms with Gasteiger partial charge in [0.05, 0.1) is 0 Å². The summed E-state index contributed by atoms with van der Waals surface area (Å²) in [7, 11) is 2.20. The SMILES string of the molecule is CC1CN(Cc2ccccc2CN)CCN1C. The van der Waals surface area contributed by atoms with Gasteiger partial charge < -0.3 is 10.6 Å². The average Bonchev–Trinajstić information content (AvgIpc) is 2.34. The van der Waals surface area contributed by atoms with Gasteiger partial charge >= 0.3 is 0 Å². The van der Waals surface area contributed by atoms with Gasteiger partial charge in [-0.15, -0.1) is 0 Å². The fourth-order valence-electron chi connectivity index (χ4n) is 2.42. The van der Waals surface area contributed by atoms with Crippen molar-refractivity contribution < 1.29 is 0 Å². The zero-order chi connectivity index (χ0) is 12.3. The molecule has 1 fully saturated rings. The van der Waals surface area contributed by atoms with E-state index in [2.05, 4.69) is 48.0 Å². The molecule has 1 heterocycles. The van der Waals surface area contributed by atoms with Gasteiger partial charge in [0, 0.05) is 38.8 Å². The van der Waals surface area contributed by atoms with E-state index in [-0.39, 0.29) is 0 Å². The number of nitrogens with zero attached hydrogens (tertiary/aromatic N) is 2. The Balaban J connectivity index is 2.01. The molecule has 1 unspecified atom stereocenters. The molecule has 0 spiro atoms. The first-order chi connectivity index (χ1) is 8.20.